The Morgan fingerprint density at radius 2 is 1.76 bits per heavy atom. The molecule has 0 bridgehead atoms. The molecule has 1 N–H and O–H groups in total. The van der Waals surface area contributed by atoms with Gasteiger partial charge >= 0.3 is 0 Å². The van der Waals surface area contributed by atoms with Crippen molar-refractivity contribution in [1.29, 1.82) is 0 Å². The fraction of sp³-hybridized carbons (Fsp3) is 0.538. The molecule has 17 heavy (non-hydrogen) atoms. The zero-order valence-corrected chi connectivity index (χ0v) is 10.3. The van der Waals surface area contributed by atoms with Gasteiger partial charge < -0.3 is 9.84 Å². The molecule has 0 heterocycles. The van der Waals surface area contributed by atoms with Crippen LogP contribution in [0.3, 0.4) is 0 Å². The van der Waals surface area contributed by atoms with Gasteiger partial charge in [-0.15, -0.1) is 0 Å². The lowest BCUT2D eigenvalue weighted by molar-refractivity contribution is -0.113. The smallest absolute Gasteiger partial charge is 0.126 e. The zero-order valence-electron chi connectivity index (χ0n) is 10.3. The molecule has 0 amide bonds. The van der Waals surface area contributed by atoms with E-state index in [9.17, 15) is 13.9 Å². The summed E-state index contributed by atoms with van der Waals surface area (Å²) in [6.45, 7) is 5.82. The number of rotatable bonds is 5. The Balaban J connectivity index is 3.05. The largest absolute Gasteiger partial charge is 0.385 e. The number of hydrogen-bond acceptors (Lipinski definition) is 2. The highest BCUT2D eigenvalue weighted by atomic mass is 19.1. The molecule has 0 radical (unpaired) electrons. The van der Waals surface area contributed by atoms with Crippen molar-refractivity contribution in [2.24, 2.45) is 0 Å². The molecule has 0 spiro atoms. The molecule has 0 saturated carbocycles. The maximum Gasteiger partial charge on any atom is 0.126 e. The standard InChI is InChI=1S/C13H18F2O2/c1-4-13(3,17-5-2)12(16)9-6-10(14)8-11(15)7-9/h6-8,12,16H,4-5H2,1-3H3. The Labute approximate surface area is 100 Å². The van der Waals surface area contributed by atoms with Gasteiger partial charge in [0.25, 0.3) is 0 Å². The first-order valence-electron chi connectivity index (χ1n) is 5.71. The predicted molar refractivity (Wildman–Crippen MR) is 61.6 cm³/mol. The third-order valence-electron chi connectivity index (χ3n) is 2.96. The van der Waals surface area contributed by atoms with Gasteiger partial charge in [0.1, 0.15) is 17.7 Å². The second kappa shape index (κ2) is 5.56. The van der Waals surface area contributed by atoms with E-state index >= 15 is 0 Å². The van der Waals surface area contributed by atoms with Crippen molar-refractivity contribution >= 4 is 0 Å². The Bertz CT molecular complexity index is 361. The summed E-state index contributed by atoms with van der Waals surface area (Å²) >= 11 is 0. The van der Waals surface area contributed by atoms with E-state index in [0.29, 0.717) is 13.0 Å². The van der Waals surface area contributed by atoms with Crippen LogP contribution in [0.15, 0.2) is 18.2 Å². The lowest BCUT2D eigenvalue weighted by atomic mass is 9.90. The van der Waals surface area contributed by atoms with Crippen LogP contribution in [-0.4, -0.2) is 17.3 Å². The van der Waals surface area contributed by atoms with Gasteiger partial charge in [-0.2, -0.15) is 0 Å². The van der Waals surface area contributed by atoms with Gasteiger partial charge in [0.2, 0.25) is 0 Å². The van der Waals surface area contributed by atoms with Crippen molar-refractivity contribution < 1.29 is 18.6 Å². The quantitative estimate of drug-likeness (QED) is 0.861. The van der Waals surface area contributed by atoms with Crippen molar-refractivity contribution in [2.75, 3.05) is 6.61 Å². The van der Waals surface area contributed by atoms with Crippen LogP contribution in [0.1, 0.15) is 38.9 Å². The molecule has 0 aliphatic carbocycles. The molecule has 1 aromatic carbocycles. The third kappa shape index (κ3) is 3.23. The second-order valence-electron chi connectivity index (χ2n) is 4.20. The van der Waals surface area contributed by atoms with E-state index in [4.69, 9.17) is 4.74 Å². The number of hydrogen-bond donors (Lipinski definition) is 1. The summed E-state index contributed by atoms with van der Waals surface area (Å²) in [4.78, 5) is 0. The normalized spacial score (nSPS) is 16.6. The molecule has 2 unspecified atom stereocenters. The van der Waals surface area contributed by atoms with E-state index in [1.54, 1.807) is 6.92 Å². The molecule has 0 aromatic heterocycles. The minimum atomic E-state index is -1.06. The van der Waals surface area contributed by atoms with E-state index in [0.717, 1.165) is 18.2 Å². The van der Waals surface area contributed by atoms with Crippen molar-refractivity contribution in [3.05, 3.63) is 35.4 Å². The monoisotopic (exact) mass is 244 g/mol. The van der Waals surface area contributed by atoms with E-state index < -0.39 is 23.3 Å². The molecule has 1 rings (SSSR count). The van der Waals surface area contributed by atoms with Crippen LogP contribution in [0.4, 0.5) is 8.78 Å². The van der Waals surface area contributed by atoms with Crippen LogP contribution >= 0.6 is 0 Å². The maximum absolute atomic E-state index is 13.1. The Kier molecular flexibility index (Phi) is 4.60. The van der Waals surface area contributed by atoms with Crippen molar-refractivity contribution in [3.63, 3.8) is 0 Å². The average molecular weight is 244 g/mol. The van der Waals surface area contributed by atoms with Crippen molar-refractivity contribution in [1.82, 2.24) is 0 Å². The first-order chi connectivity index (χ1) is 7.92. The van der Waals surface area contributed by atoms with Gasteiger partial charge in [0.05, 0.1) is 5.60 Å². The van der Waals surface area contributed by atoms with Gasteiger partial charge in [-0.1, -0.05) is 6.92 Å². The first-order valence-corrected chi connectivity index (χ1v) is 5.71. The number of ether oxygens (including phenoxy) is 1. The fourth-order valence-corrected chi connectivity index (χ4v) is 1.79. The maximum atomic E-state index is 13.1. The highest BCUT2D eigenvalue weighted by Gasteiger charge is 2.33. The lowest BCUT2D eigenvalue weighted by Crippen LogP contribution is -2.35. The second-order valence-corrected chi connectivity index (χ2v) is 4.20. The minimum absolute atomic E-state index is 0.195. The molecule has 0 fully saturated rings. The van der Waals surface area contributed by atoms with Crippen LogP contribution in [0, 0.1) is 11.6 Å². The Morgan fingerprint density at radius 3 is 2.18 bits per heavy atom. The van der Waals surface area contributed by atoms with Crippen molar-refractivity contribution in [3.8, 4) is 0 Å². The average Bonchev–Trinajstić information content (AvgIpc) is 2.27. The summed E-state index contributed by atoms with van der Waals surface area (Å²) in [6, 6.07) is 3.03. The highest BCUT2D eigenvalue weighted by molar-refractivity contribution is 5.22. The molecule has 1 aromatic rings. The summed E-state index contributed by atoms with van der Waals surface area (Å²) in [5.41, 5.74) is -0.644. The molecule has 2 nitrogen and oxygen atoms in total. The van der Waals surface area contributed by atoms with Gasteiger partial charge in [0, 0.05) is 12.7 Å². The Morgan fingerprint density at radius 1 is 1.24 bits per heavy atom. The van der Waals surface area contributed by atoms with Crippen LogP contribution in [0.2, 0.25) is 0 Å². The topological polar surface area (TPSA) is 29.5 Å². The SMILES string of the molecule is CCOC(C)(CC)C(O)c1cc(F)cc(F)c1. The van der Waals surface area contributed by atoms with Crippen molar-refractivity contribution in [2.45, 2.75) is 38.9 Å². The van der Waals surface area contributed by atoms with Gasteiger partial charge in [-0.25, -0.2) is 8.78 Å². The zero-order chi connectivity index (χ0) is 13.1. The van der Waals surface area contributed by atoms with Gasteiger partial charge in [-0.05, 0) is 38.0 Å². The molecule has 4 heteroatoms. The van der Waals surface area contributed by atoms with Crippen LogP contribution in [0.5, 0.6) is 0 Å². The van der Waals surface area contributed by atoms with Crippen LogP contribution in [-0.2, 0) is 4.74 Å². The third-order valence-corrected chi connectivity index (χ3v) is 2.96. The number of aliphatic hydroxyl groups excluding tert-OH is 1. The van der Waals surface area contributed by atoms with E-state index in [1.807, 2.05) is 13.8 Å². The van der Waals surface area contributed by atoms with Gasteiger partial charge in [0.15, 0.2) is 0 Å². The summed E-state index contributed by atoms with van der Waals surface area (Å²) in [7, 11) is 0. The van der Waals surface area contributed by atoms with Gasteiger partial charge in [-0.3, -0.25) is 0 Å². The summed E-state index contributed by atoms with van der Waals surface area (Å²) in [5, 5.41) is 10.2. The molecule has 0 aliphatic heterocycles. The van der Waals surface area contributed by atoms with Crippen LogP contribution in [0.25, 0.3) is 0 Å². The molecule has 0 aliphatic rings. The summed E-state index contributed by atoms with van der Waals surface area (Å²) in [5.74, 6) is -1.40. The number of aliphatic hydroxyl groups is 1. The number of halogens is 2. The minimum Gasteiger partial charge on any atom is -0.385 e. The molecular formula is C13H18F2O2. The van der Waals surface area contributed by atoms with Crippen LogP contribution < -0.4 is 0 Å². The summed E-state index contributed by atoms with van der Waals surface area (Å²) in [6.07, 6.45) is -0.516. The number of benzene rings is 1. The Hall–Kier alpha value is -1.00. The predicted octanol–water partition coefficient (Wildman–Crippen LogP) is 3.20. The first kappa shape index (κ1) is 14.1. The van der Waals surface area contributed by atoms with E-state index in [2.05, 4.69) is 0 Å². The van der Waals surface area contributed by atoms with E-state index in [1.165, 1.54) is 0 Å². The van der Waals surface area contributed by atoms with E-state index in [-0.39, 0.29) is 5.56 Å². The molecule has 2 atom stereocenters. The fourth-order valence-electron chi connectivity index (χ4n) is 1.79. The summed E-state index contributed by atoms with van der Waals surface area (Å²) < 4.78 is 31.6. The highest BCUT2D eigenvalue weighted by Crippen LogP contribution is 2.32. The molecule has 96 valence electrons. The molecular weight excluding hydrogens is 226 g/mol. The molecule has 0 saturated heterocycles. The lowest BCUT2D eigenvalue weighted by Gasteiger charge is -2.33.